The van der Waals surface area contributed by atoms with Crippen LogP contribution in [0.2, 0.25) is 0 Å². The number of likely N-dealkylation sites (tertiary alicyclic amines) is 2. The normalized spacial score (nSPS) is 20.6. The molecule has 0 aliphatic carbocycles. The van der Waals surface area contributed by atoms with E-state index in [9.17, 15) is 4.79 Å². The van der Waals surface area contributed by atoms with Crippen molar-refractivity contribution in [2.45, 2.75) is 51.2 Å². The van der Waals surface area contributed by atoms with Crippen LogP contribution < -0.4 is 10.6 Å². The van der Waals surface area contributed by atoms with Crippen LogP contribution in [0.3, 0.4) is 0 Å². The number of benzene rings is 1. The second-order valence-corrected chi connectivity index (χ2v) is 8.94. The molecule has 2 saturated heterocycles. The number of aliphatic imine (C=N–C) groups is 1. The summed E-state index contributed by atoms with van der Waals surface area (Å²) in [6.45, 7) is 8.71. The number of nitrogens with zero attached hydrogens (tertiary/aromatic N) is 4. The third-order valence-corrected chi connectivity index (χ3v) is 6.46. The fourth-order valence-corrected chi connectivity index (χ4v) is 4.47. The molecular formula is C24H41IN6O. The van der Waals surface area contributed by atoms with Crippen LogP contribution >= 0.6 is 24.0 Å². The predicted molar refractivity (Wildman–Crippen MR) is 143 cm³/mol. The van der Waals surface area contributed by atoms with Crippen molar-refractivity contribution in [3.63, 3.8) is 0 Å². The van der Waals surface area contributed by atoms with E-state index in [-0.39, 0.29) is 36.4 Å². The summed E-state index contributed by atoms with van der Waals surface area (Å²) in [5.41, 5.74) is 1.37. The Balaban J connectivity index is 0.00000363. The Labute approximate surface area is 211 Å². The number of halogens is 1. The second kappa shape index (κ2) is 14.0. The molecule has 2 heterocycles. The summed E-state index contributed by atoms with van der Waals surface area (Å²) in [7, 11) is 3.55. The average Bonchev–Trinajstić information content (AvgIpc) is 3.25. The Hall–Kier alpha value is -1.39. The van der Waals surface area contributed by atoms with Gasteiger partial charge in [-0.15, -0.1) is 24.0 Å². The Morgan fingerprint density at radius 2 is 1.84 bits per heavy atom. The van der Waals surface area contributed by atoms with Gasteiger partial charge in [0, 0.05) is 52.4 Å². The SMILES string of the molecule is CCN1CCCC1CNC(=NCC(=O)N(C)C)NC1CCN(Cc2ccccc2)CC1.I. The molecule has 1 unspecified atom stereocenters. The van der Waals surface area contributed by atoms with Gasteiger partial charge in [0.05, 0.1) is 0 Å². The molecule has 1 atom stereocenters. The third kappa shape index (κ3) is 8.51. The van der Waals surface area contributed by atoms with Gasteiger partial charge in [0.15, 0.2) is 5.96 Å². The largest absolute Gasteiger partial charge is 0.355 e. The van der Waals surface area contributed by atoms with E-state index in [0.29, 0.717) is 12.1 Å². The lowest BCUT2D eigenvalue weighted by Gasteiger charge is -2.33. The molecule has 8 heteroatoms. The van der Waals surface area contributed by atoms with Crippen molar-refractivity contribution in [1.82, 2.24) is 25.3 Å². The Bertz CT molecular complexity index is 706. The van der Waals surface area contributed by atoms with E-state index in [1.54, 1.807) is 19.0 Å². The van der Waals surface area contributed by atoms with Gasteiger partial charge in [-0.25, -0.2) is 4.99 Å². The number of nitrogens with one attached hydrogen (secondary N) is 2. The highest BCUT2D eigenvalue weighted by atomic mass is 127. The third-order valence-electron chi connectivity index (χ3n) is 6.46. The molecule has 0 radical (unpaired) electrons. The van der Waals surface area contributed by atoms with E-state index in [1.807, 2.05) is 0 Å². The van der Waals surface area contributed by atoms with E-state index in [1.165, 1.54) is 24.9 Å². The minimum Gasteiger partial charge on any atom is -0.355 e. The van der Waals surface area contributed by atoms with Crippen LogP contribution in [0.4, 0.5) is 0 Å². The lowest BCUT2D eigenvalue weighted by Crippen LogP contribution is -2.51. The van der Waals surface area contributed by atoms with Crippen LogP contribution in [0.5, 0.6) is 0 Å². The maximum Gasteiger partial charge on any atom is 0.243 e. The summed E-state index contributed by atoms with van der Waals surface area (Å²) in [4.78, 5) is 23.3. The molecule has 3 rings (SSSR count). The van der Waals surface area contributed by atoms with Gasteiger partial charge >= 0.3 is 0 Å². The second-order valence-electron chi connectivity index (χ2n) is 8.94. The van der Waals surface area contributed by atoms with Crippen molar-refractivity contribution in [2.75, 3.05) is 53.4 Å². The summed E-state index contributed by atoms with van der Waals surface area (Å²) in [5.74, 6) is 0.800. The van der Waals surface area contributed by atoms with Crippen LogP contribution in [-0.4, -0.2) is 92.0 Å². The lowest BCUT2D eigenvalue weighted by molar-refractivity contribution is -0.127. The molecule has 0 saturated carbocycles. The van der Waals surface area contributed by atoms with Gasteiger partial charge in [0.1, 0.15) is 6.54 Å². The van der Waals surface area contributed by atoms with Crippen molar-refractivity contribution in [3.05, 3.63) is 35.9 Å². The minimum atomic E-state index is 0. The molecular weight excluding hydrogens is 515 g/mol. The number of carbonyl (C=O) groups is 1. The molecule has 1 aromatic rings. The number of piperidine rings is 1. The molecule has 1 aromatic carbocycles. The predicted octanol–water partition coefficient (Wildman–Crippen LogP) is 2.38. The molecule has 0 bridgehead atoms. The van der Waals surface area contributed by atoms with Crippen molar-refractivity contribution in [3.8, 4) is 0 Å². The number of hydrogen-bond acceptors (Lipinski definition) is 4. The Morgan fingerprint density at radius 3 is 2.50 bits per heavy atom. The average molecular weight is 557 g/mol. The van der Waals surface area contributed by atoms with E-state index < -0.39 is 0 Å². The lowest BCUT2D eigenvalue weighted by atomic mass is 10.0. The molecule has 2 aliphatic heterocycles. The molecule has 2 aliphatic rings. The zero-order valence-corrected chi connectivity index (χ0v) is 22.3. The molecule has 32 heavy (non-hydrogen) atoms. The summed E-state index contributed by atoms with van der Waals surface area (Å²) in [5, 5.41) is 7.15. The van der Waals surface area contributed by atoms with Crippen molar-refractivity contribution >= 4 is 35.8 Å². The molecule has 0 aromatic heterocycles. The summed E-state index contributed by atoms with van der Waals surface area (Å²) >= 11 is 0. The summed E-state index contributed by atoms with van der Waals surface area (Å²) < 4.78 is 0. The van der Waals surface area contributed by atoms with Crippen LogP contribution in [0.1, 0.15) is 38.2 Å². The van der Waals surface area contributed by atoms with Gasteiger partial charge in [-0.1, -0.05) is 37.3 Å². The quantitative estimate of drug-likeness (QED) is 0.293. The van der Waals surface area contributed by atoms with E-state index in [2.05, 4.69) is 62.7 Å². The fourth-order valence-electron chi connectivity index (χ4n) is 4.47. The minimum absolute atomic E-state index is 0. The molecule has 180 valence electrons. The first-order valence-electron chi connectivity index (χ1n) is 11.8. The van der Waals surface area contributed by atoms with E-state index in [4.69, 9.17) is 0 Å². The number of rotatable bonds is 8. The van der Waals surface area contributed by atoms with Gasteiger partial charge in [0.25, 0.3) is 0 Å². The van der Waals surface area contributed by atoms with E-state index in [0.717, 1.165) is 51.5 Å². The fraction of sp³-hybridized carbons (Fsp3) is 0.667. The topological polar surface area (TPSA) is 63.2 Å². The first kappa shape index (κ1) is 26.9. The van der Waals surface area contributed by atoms with Gasteiger partial charge in [-0.05, 0) is 44.3 Å². The molecule has 2 fully saturated rings. The smallest absolute Gasteiger partial charge is 0.243 e. The number of hydrogen-bond donors (Lipinski definition) is 2. The van der Waals surface area contributed by atoms with E-state index >= 15 is 0 Å². The highest BCUT2D eigenvalue weighted by Gasteiger charge is 2.24. The standard InChI is InChI=1S/C24H40N6O.HI/c1-4-30-14-8-11-22(30)17-25-24(26-18-23(31)28(2)3)27-21-12-15-29(16-13-21)19-20-9-6-5-7-10-20;/h5-7,9-10,21-22H,4,8,11-19H2,1-3H3,(H2,25,26,27);1H. The van der Waals surface area contributed by atoms with Crippen LogP contribution in [0.25, 0.3) is 0 Å². The van der Waals surface area contributed by atoms with Crippen molar-refractivity contribution in [1.29, 1.82) is 0 Å². The van der Waals surface area contributed by atoms with Gasteiger partial charge < -0.3 is 15.5 Å². The first-order chi connectivity index (χ1) is 15.0. The monoisotopic (exact) mass is 556 g/mol. The summed E-state index contributed by atoms with van der Waals surface area (Å²) in [6, 6.07) is 11.6. The maximum absolute atomic E-state index is 12.1. The number of amides is 1. The highest BCUT2D eigenvalue weighted by molar-refractivity contribution is 14.0. The number of likely N-dealkylation sites (N-methyl/N-ethyl adjacent to an activating group) is 2. The maximum atomic E-state index is 12.1. The Kier molecular flexibility index (Phi) is 11.7. The zero-order chi connectivity index (χ0) is 22.1. The zero-order valence-electron chi connectivity index (χ0n) is 19.9. The van der Waals surface area contributed by atoms with Crippen LogP contribution in [-0.2, 0) is 11.3 Å². The van der Waals surface area contributed by atoms with Gasteiger partial charge in [-0.2, -0.15) is 0 Å². The van der Waals surface area contributed by atoms with Crippen LogP contribution in [0, 0.1) is 0 Å². The highest BCUT2D eigenvalue weighted by Crippen LogP contribution is 2.16. The number of guanidine groups is 1. The van der Waals surface area contributed by atoms with Crippen molar-refractivity contribution < 1.29 is 4.79 Å². The molecule has 7 nitrogen and oxygen atoms in total. The van der Waals surface area contributed by atoms with Crippen LogP contribution in [0.15, 0.2) is 35.3 Å². The van der Waals surface area contributed by atoms with Crippen molar-refractivity contribution in [2.24, 2.45) is 4.99 Å². The molecule has 2 N–H and O–H groups in total. The molecule has 1 amide bonds. The number of carbonyl (C=O) groups excluding carboxylic acids is 1. The van der Waals surface area contributed by atoms with Gasteiger partial charge in [0.2, 0.25) is 5.91 Å². The summed E-state index contributed by atoms with van der Waals surface area (Å²) in [6.07, 6.45) is 4.65. The Morgan fingerprint density at radius 1 is 1.12 bits per heavy atom. The molecule has 0 spiro atoms. The first-order valence-corrected chi connectivity index (χ1v) is 11.8. The van der Waals surface area contributed by atoms with Gasteiger partial charge in [-0.3, -0.25) is 14.6 Å².